The normalized spacial score (nSPS) is 27.5. The molecule has 2 heterocycles. The summed E-state index contributed by atoms with van der Waals surface area (Å²) in [7, 11) is 1.84. The molecule has 0 saturated carbocycles. The molecule has 2 aliphatic heterocycles. The molecule has 0 aromatic heterocycles. The lowest BCUT2D eigenvalue weighted by molar-refractivity contribution is -0.0453. The van der Waals surface area contributed by atoms with E-state index in [4.69, 9.17) is 4.74 Å². The zero-order valence-corrected chi connectivity index (χ0v) is 14.6. The Hall–Kier alpha value is -0.810. The summed E-state index contributed by atoms with van der Waals surface area (Å²) >= 11 is 0. The summed E-state index contributed by atoms with van der Waals surface area (Å²) in [4.78, 5) is 6.92. The second kappa shape index (κ2) is 9.36. The number of morpholine rings is 1. The summed E-state index contributed by atoms with van der Waals surface area (Å²) in [5.74, 6) is 0.899. The number of ether oxygens (including phenoxy) is 1. The van der Waals surface area contributed by atoms with Gasteiger partial charge in [0.25, 0.3) is 0 Å². The number of rotatable bonds is 7. The first-order valence-electron chi connectivity index (χ1n) is 9.05. The monoisotopic (exact) mass is 310 g/mol. The Balaban J connectivity index is 1.65. The highest BCUT2D eigenvalue weighted by Gasteiger charge is 2.32. The predicted molar refractivity (Wildman–Crippen MR) is 92.4 cm³/mol. The van der Waals surface area contributed by atoms with Crippen molar-refractivity contribution >= 4 is 5.96 Å². The molecule has 0 aromatic carbocycles. The molecule has 3 unspecified atom stereocenters. The van der Waals surface area contributed by atoms with E-state index >= 15 is 0 Å². The molecule has 0 radical (unpaired) electrons. The molecular formula is C17H34N4O. The number of fused-ring (bicyclic) bond motifs is 1. The molecule has 0 bridgehead atoms. The zero-order valence-electron chi connectivity index (χ0n) is 14.6. The van der Waals surface area contributed by atoms with E-state index < -0.39 is 0 Å². The topological polar surface area (TPSA) is 48.9 Å². The number of hydrogen-bond acceptors (Lipinski definition) is 3. The number of nitrogens with zero attached hydrogens (tertiary/aromatic N) is 2. The Bertz CT molecular complexity index is 348. The molecule has 5 nitrogen and oxygen atoms in total. The molecule has 0 spiro atoms. The maximum absolute atomic E-state index is 5.98. The lowest BCUT2D eigenvalue weighted by atomic mass is 10.1. The van der Waals surface area contributed by atoms with Crippen molar-refractivity contribution in [1.29, 1.82) is 0 Å². The number of guanidine groups is 1. The molecule has 0 amide bonds. The van der Waals surface area contributed by atoms with E-state index in [1.807, 2.05) is 7.05 Å². The fraction of sp³-hybridized carbons (Fsp3) is 0.941. The van der Waals surface area contributed by atoms with Crippen molar-refractivity contribution in [1.82, 2.24) is 15.5 Å². The third kappa shape index (κ3) is 5.43. The first-order valence-corrected chi connectivity index (χ1v) is 9.05. The molecule has 5 heteroatoms. The van der Waals surface area contributed by atoms with Crippen LogP contribution in [0.1, 0.15) is 52.4 Å². The van der Waals surface area contributed by atoms with Gasteiger partial charge in [0.2, 0.25) is 0 Å². The predicted octanol–water partition coefficient (Wildman–Crippen LogP) is 1.98. The number of hydrogen-bond donors (Lipinski definition) is 2. The van der Waals surface area contributed by atoms with Crippen LogP contribution in [-0.4, -0.2) is 62.3 Å². The molecule has 0 aromatic rings. The average molecular weight is 310 g/mol. The van der Waals surface area contributed by atoms with Gasteiger partial charge in [-0.1, -0.05) is 26.2 Å². The van der Waals surface area contributed by atoms with E-state index in [0.29, 0.717) is 12.1 Å². The highest BCUT2D eigenvalue weighted by Crippen LogP contribution is 2.22. The lowest BCUT2D eigenvalue weighted by Gasteiger charge is -2.35. The van der Waals surface area contributed by atoms with Gasteiger partial charge in [0, 0.05) is 32.2 Å². The van der Waals surface area contributed by atoms with Gasteiger partial charge in [-0.2, -0.15) is 0 Å². The van der Waals surface area contributed by atoms with Crippen molar-refractivity contribution in [2.45, 2.75) is 70.6 Å². The Morgan fingerprint density at radius 2 is 2.27 bits per heavy atom. The molecule has 0 aliphatic carbocycles. The van der Waals surface area contributed by atoms with Crippen LogP contribution in [-0.2, 0) is 4.74 Å². The maximum atomic E-state index is 5.98. The van der Waals surface area contributed by atoms with E-state index in [2.05, 4.69) is 34.4 Å². The smallest absolute Gasteiger partial charge is 0.191 e. The minimum atomic E-state index is 0.281. The van der Waals surface area contributed by atoms with Crippen LogP contribution in [0.4, 0.5) is 0 Å². The quantitative estimate of drug-likeness (QED) is 0.429. The third-order valence-electron chi connectivity index (χ3n) is 4.81. The van der Waals surface area contributed by atoms with Gasteiger partial charge in [0.15, 0.2) is 5.96 Å². The summed E-state index contributed by atoms with van der Waals surface area (Å²) < 4.78 is 5.98. The van der Waals surface area contributed by atoms with Crippen LogP contribution in [0.5, 0.6) is 0 Å². The van der Waals surface area contributed by atoms with Crippen LogP contribution in [0.25, 0.3) is 0 Å². The standard InChI is InChI=1S/C17H34N4O/c1-4-5-6-8-14(2)20-17(18-3)19-11-16-12-21-10-7-9-15(21)13-22-16/h14-16H,4-13H2,1-3H3,(H2,18,19,20). The summed E-state index contributed by atoms with van der Waals surface area (Å²) in [5, 5.41) is 6.91. The van der Waals surface area contributed by atoms with E-state index in [0.717, 1.165) is 25.7 Å². The molecule has 2 rings (SSSR count). The molecule has 22 heavy (non-hydrogen) atoms. The molecular weight excluding hydrogens is 276 g/mol. The third-order valence-corrected chi connectivity index (χ3v) is 4.81. The first-order chi connectivity index (χ1) is 10.7. The van der Waals surface area contributed by atoms with Gasteiger partial charge in [-0.3, -0.25) is 9.89 Å². The first kappa shape index (κ1) is 17.5. The van der Waals surface area contributed by atoms with Crippen LogP contribution in [0.3, 0.4) is 0 Å². The van der Waals surface area contributed by atoms with Gasteiger partial charge < -0.3 is 15.4 Å². The molecule has 2 saturated heterocycles. The minimum Gasteiger partial charge on any atom is -0.373 e. The van der Waals surface area contributed by atoms with Gasteiger partial charge in [-0.25, -0.2) is 0 Å². The number of aliphatic imine (C=N–C) groups is 1. The van der Waals surface area contributed by atoms with Gasteiger partial charge in [0.1, 0.15) is 0 Å². The van der Waals surface area contributed by atoms with Crippen molar-refractivity contribution in [2.24, 2.45) is 4.99 Å². The van der Waals surface area contributed by atoms with Crippen LogP contribution in [0.15, 0.2) is 4.99 Å². The van der Waals surface area contributed by atoms with Crippen LogP contribution >= 0.6 is 0 Å². The van der Waals surface area contributed by atoms with Crippen molar-refractivity contribution in [2.75, 3.05) is 33.3 Å². The summed E-state index contributed by atoms with van der Waals surface area (Å²) in [5.41, 5.74) is 0. The Morgan fingerprint density at radius 1 is 1.41 bits per heavy atom. The summed E-state index contributed by atoms with van der Waals surface area (Å²) in [6.45, 7) is 8.51. The van der Waals surface area contributed by atoms with E-state index in [1.54, 1.807) is 0 Å². The lowest BCUT2D eigenvalue weighted by Crippen LogP contribution is -2.52. The Morgan fingerprint density at radius 3 is 3.05 bits per heavy atom. The van der Waals surface area contributed by atoms with E-state index in [-0.39, 0.29) is 6.10 Å². The summed E-state index contributed by atoms with van der Waals surface area (Å²) in [6.07, 6.45) is 7.98. The highest BCUT2D eigenvalue weighted by molar-refractivity contribution is 5.79. The molecule has 3 atom stereocenters. The molecule has 2 aliphatic rings. The SMILES string of the molecule is CCCCCC(C)NC(=NC)NCC1CN2CCCC2CO1. The van der Waals surface area contributed by atoms with Gasteiger partial charge in [0.05, 0.1) is 12.7 Å². The molecule has 2 N–H and O–H groups in total. The van der Waals surface area contributed by atoms with Gasteiger partial charge >= 0.3 is 0 Å². The minimum absolute atomic E-state index is 0.281. The van der Waals surface area contributed by atoms with Crippen LogP contribution < -0.4 is 10.6 Å². The van der Waals surface area contributed by atoms with Crippen LogP contribution in [0, 0.1) is 0 Å². The Kier molecular flexibility index (Phi) is 7.46. The van der Waals surface area contributed by atoms with Crippen LogP contribution in [0.2, 0.25) is 0 Å². The van der Waals surface area contributed by atoms with E-state index in [1.165, 1.54) is 45.1 Å². The van der Waals surface area contributed by atoms with Crippen molar-refractivity contribution in [3.05, 3.63) is 0 Å². The highest BCUT2D eigenvalue weighted by atomic mass is 16.5. The maximum Gasteiger partial charge on any atom is 0.191 e. The van der Waals surface area contributed by atoms with Crippen molar-refractivity contribution in [3.8, 4) is 0 Å². The second-order valence-electron chi connectivity index (χ2n) is 6.74. The van der Waals surface area contributed by atoms with Gasteiger partial charge in [-0.15, -0.1) is 0 Å². The number of unbranched alkanes of at least 4 members (excludes halogenated alkanes) is 2. The molecule has 2 fully saturated rings. The number of nitrogens with one attached hydrogen (secondary N) is 2. The zero-order chi connectivity index (χ0) is 15.8. The fourth-order valence-electron chi connectivity index (χ4n) is 3.42. The Labute approximate surface area is 135 Å². The average Bonchev–Trinajstić information content (AvgIpc) is 2.99. The van der Waals surface area contributed by atoms with Gasteiger partial charge in [-0.05, 0) is 32.7 Å². The van der Waals surface area contributed by atoms with E-state index in [9.17, 15) is 0 Å². The fourth-order valence-corrected chi connectivity index (χ4v) is 3.42. The summed E-state index contributed by atoms with van der Waals surface area (Å²) in [6, 6.07) is 1.14. The van der Waals surface area contributed by atoms with Crippen molar-refractivity contribution in [3.63, 3.8) is 0 Å². The second-order valence-corrected chi connectivity index (χ2v) is 6.74. The largest absolute Gasteiger partial charge is 0.373 e. The van der Waals surface area contributed by atoms with Crippen molar-refractivity contribution < 1.29 is 4.74 Å². The molecule has 128 valence electrons.